The first-order valence-corrected chi connectivity index (χ1v) is 10.6. The van der Waals surface area contributed by atoms with Gasteiger partial charge in [0.05, 0.1) is 17.4 Å². The second-order valence-electron chi connectivity index (χ2n) is 7.27. The van der Waals surface area contributed by atoms with E-state index in [2.05, 4.69) is 20.9 Å². The number of halogens is 1. The molecule has 4 aromatic rings. The third-order valence-corrected chi connectivity index (χ3v) is 5.96. The molecule has 154 valence electrons. The quantitative estimate of drug-likeness (QED) is 0.410. The molecule has 1 saturated heterocycles. The van der Waals surface area contributed by atoms with Gasteiger partial charge in [-0.15, -0.1) is 0 Å². The fraction of sp³-hybridized carbons (Fsp3) is 0.0833. The van der Waals surface area contributed by atoms with Crippen molar-refractivity contribution in [1.29, 1.82) is 0 Å². The Morgan fingerprint density at radius 1 is 0.968 bits per heavy atom. The number of phenolic OH excluding ortho intramolecular Hbond substituents is 1. The van der Waals surface area contributed by atoms with Gasteiger partial charge >= 0.3 is 0 Å². The van der Waals surface area contributed by atoms with Gasteiger partial charge in [0.15, 0.2) is 5.11 Å². The number of nitrogens with zero attached hydrogens (tertiary/aromatic N) is 3. The topological polar surface area (TPSA) is 53.3 Å². The van der Waals surface area contributed by atoms with Crippen molar-refractivity contribution >= 4 is 34.6 Å². The molecule has 5 nitrogen and oxygen atoms in total. The highest BCUT2D eigenvalue weighted by molar-refractivity contribution is 7.80. The first-order chi connectivity index (χ1) is 15.1. The van der Waals surface area contributed by atoms with Crippen LogP contribution in [0.3, 0.4) is 0 Å². The summed E-state index contributed by atoms with van der Waals surface area (Å²) in [5.74, 6) is 0.166. The molecule has 31 heavy (non-hydrogen) atoms. The van der Waals surface area contributed by atoms with E-state index in [1.54, 1.807) is 18.3 Å². The average Bonchev–Trinajstić information content (AvgIpc) is 3.39. The molecule has 0 spiro atoms. The van der Waals surface area contributed by atoms with Crippen LogP contribution >= 0.6 is 23.8 Å². The predicted octanol–water partition coefficient (Wildman–Crippen LogP) is 5.41. The fourth-order valence-corrected chi connectivity index (χ4v) is 4.60. The van der Waals surface area contributed by atoms with Crippen LogP contribution in [0.25, 0.3) is 5.69 Å². The van der Waals surface area contributed by atoms with Crippen molar-refractivity contribution in [3.05, 3.63) is 108 Å². The normalized spacial score (nSPS) is 18.2. The maximum atomic E-state index is 10.6. The minimum absolute atomic E-state index is 0.166. The van der Waals surface area contributed by atoms with Crippen LogP contribution < -0.4 is 10.2 Å². The predicted molar refractivity (Wildman–Crippen MR) is 127 cm³/mol. The molecule has 0 amide bonds. The Bertz CT molecular complexity index is 1240. The SMILES string of the molecule is Oc1ccccc1N1C(=S)N[C@H](c2ccccn2)[C@H]1c1cccn1-c1cccc(Cl)c1. The molecule has 0 bridgehead atoms. The number of pyridine rings is 1. The van der Waals surface area contributed by atoms with Gasteiger partial charge < -0.3 is 19.9 Å². The Balaban J connectivity index is 1.69. The highest BCUT2D eigenvalue weighted by atomic mass is 35.5. The molecule has 2 N–H and O–H groups in total. The first kappa shape index (κ1) is 19.6. The largest absolute Gasteiger partial charge is 0.506 e. The summed E-state index contributed by atoms with van der Waals surface area (Å²) in [6, 6.07) is 24.4. The minimum Gasteiger partial charge on any atom is -0.506 e. The summed E-state index contributed by atoms with van der Waals surface area (Å²) < 4.78 is 2.09. The zero-order valence-corrected chi connectivity index (χ0v) is 18.0. The summed E-state index contributed by atoms with van der Waals surface area (Å²) in [5.41, 5.74) is 3.45. The molecule has 2 aromatic carbocycles. The number of hydrogen-bond donors (Lipinski definition) is 2. The van der Waals surface area contributed by atoms with E-state index in [1.165, 1.54) is 0 Å². The lowest BCUT2D eigenvalue weighted by atomic mass is 10.0. The summed E-state index contributed by atoms with van der Waals surface area (Å²) in [6.07, 6.45) is 3.77. The van der Waals surface area contributed by atoms with Gasteiger partial charge in [-0.05, 0) is 66.8 Å². The summed E-state index contributed by atoms with van der Waals surface area (Å²) in [4.78, 5) is 6.54. The molecule has 0 saturated carbocycles. The van der Waals surface area contributed by atoms with Crippen LogP contribution in [-0.2, 0) is 0 Å². The number of thiocarbonyl (C=S) groups is 1. The van der Waals surface area contributed by atoms with Gasteiger partial charge in [0.2, 0.25) is 0 Å². The molecule has 0 unspecified atom stereocenters. The summed E-state index contributed by atoms with van der Waals surface area (Å²) >= 11 is 12.0. The van der Waals surface area contributed by atoms with Crippen molar-refractivity contribution in [2.45, 2.75) is 12.1 Å². The molecule has 1 aliphatic rings. The van der Waals surface area contributed by atoms with Gasteiger partial charge in [-0.2, -0.15) is 0 Å². The smallest absolute Gasteiger partial charge is 0.174 e. The number of anilines is 1. The van der Waals surface area contributed by atoms with Crippen molar-refractivity contribution < 1.29 is 5.11 Å². The van der Waals surface area contributed by atoms with Gasteiger partial charge in [-0.3, -0.25) is 4.98 Å². The standard InChI is InChI=1S/C24H19ClN4OS/c25-16-7-5-8-17(15-16)28-14-6-11-20(28)23-22(18-9-3-4-13-26-18)27-24(31)29(23)19-10-1-2-12-21(19)30/h1-15,22-23,30H,(H,27,31)/t22-,23-/m1/s1. The molecule has 1 aliphatic heterocycles. The highest BCUT2D eigenvalue weighted by Gasteiger charge is 2.42. The summed E-state index contributed by atoms with van der Waals surface area (Å²) in [7, 11) is 0. The van der Waals surface area contributed by atoms with Crippen LogP contribution in [0.1, 0.15) is 23.5 Å². The lowest BCUT2D eigenvalue weighted by Crippen LogP contribution is -2.30. The molecule has 1 fully saturated rings. The second kappa shape index (κ2) is 8.06. The highest BCUT2D eigenvalue weighted by Crippen LogP contribution is 2.44. The Morgan fingerprint density at radius 2 is 1.81 bits per heavy atom. The maximum absolute atomic E-state index is 10.6. The zero-order valence-electron chi connectivity index (χ0n) is 16.4. The maximum Gasteiger partial charge on any atom is 0.174 e. The molecule has 2 atom stereocenters. The van der Waals surface area contributed by atoms with E-state index in [0.717, 1.165) is 17.1 Å². The molecule has 7 heteroatoms. The zero-order chi connectivity index (χ0) is 21.4. The number of nitrogens with one attached hydrogen (secondary N) is 1. The summed E-state index contributed by atoms with van der Waals surface area (Å²) in [6.45, 7) is 0. The molecule has 0 radical (unpaired) electrons. The van der Waals surface area contributed by atoms with Crippen molar-refractivity contribution in [2.75, 3.05) is 4.90 Å². The minimum atomic E-state index is -0.246. The molecular formula is C24H19ClN4OS. The number of aromatic hydroxyl groups is 1. The van der Waals surface area contributed by atoms with Crippen molar-refractivity contribution in [2.24, 2.45) is 0 Å². The van der Waals surface area contributed by atoms with Crippen LogP contribution in [0.5, 0.6) is 5.75 Å². The number of rotatable bonds is 4. The molecule has 2 aromatic heterocycles. The van der Waals surface area contributed by atoms with E-state index in [-0.39, 0.29) is 17.8 Å². The third-order valence-electron chi connectivity index (χ3n) is 5.41. The third kappa shape index (κ3) is 3.54. The van der Waals surface area contributed by atoms with Gasteiger partial charge in [-0.25, -0.2) is 0 Å². The van der Waals surface area contributed by atoms with E-state index < -0.39 is 0 Å². The Morgan fingerprint density at radius 3 is 2.58 bits per heavy atom. The van der Waals surface area contributed by atoms with Crippen LogP contribution in [0.2, 0.25) is 5.02 Å². The van der Waals surface area contributed by atoms with Crippen LogP contribution in [0.4, 0.5) is 5.69 Å². The van der Waals surface area contributed by atoms with E-state index in [9.17, 15) is 5.11 Å². The lowest BCUT2D eigenvalue weighted by molar-refractivity contribution is 0.472. The van der Waals surface area contributed by atoms with Crippen LogP contribution in [0.15, 0.2) is 91.3 Å². The van der Waals surface area contributed by atoms with Crippen LogP contribution in [-0.4, -0.2) is 19.8 Å². The van der Waals surface area contributed by atoms with Gasteiger partial charge in [0.1, 0.15) is 11.8 Å². The van der Waals surface area contributed by atoms with Crippen molar-refractivity contribution in [3.8, 4) is 11.4 Å². The molecule has 3 heterocycles. The number of phenols is 1. The van der Waals surface area contributed by atoms with Crippen molar-refractivity contribution in [1.82, 2.24) is 14.9 Å². The second-order valence-corrected chi connectivity index (χ2v) is 8.09. The van der Waals surface area contributed by atoms with E-state index in [0.29, 0.717) is 15.8 Å². The van der Waals surface area contributed by atoms with E-state index in [4.69, 9.17) is 23.8 Å². The number of para-hydroxylation sites is 2. The molecule has 0 aliphatic carbocycles. The molecule has 5 rings (SSSR count). The first-order valence-electron chi connectivity index (χ1n) is 9.85. The van der Waals surface area contributed by atoms with Crippen molar-refractivity contribution in [3.63, 3.8) is 0 Å². The fourth-order valence-electron chi connectivity index (χ4n) is 4.08. The Kier molecular flexibility index (Phi) is 5.10. The molecular weight excluding hydrogens is 428 g/mol. The van der Waals surface area contributed by atoms with Gasteiger partial charge in [-0.1, -0.05) is 35.9 Å². The van der Waals surface area contributed by atoms with Gasteiger partial charge in [0.25, 0.3) is 0 Å². The Labute approximate surface area is 190 Å². The van der Waals surface area contributed by atoms with E-state index in [1.807, 2.05) is 71.8 Å². The average molecular weight is 447 g/mol. The monoisotopic (exact) mass is 446 g/mol. The number of aromatic nitrogens is 2. The van der Waals surface area contributed by atoms with Gasteiger partial charge in [0, 0.05) is 28.8 Å². The lowest BCUT2D eigenvalue weighted by Gasteiger charge is -2.29. The Hall–Kier alpha value is -3.35. The number of benzene rings is 2. The van der Waals surface area contributed by atoms with Crippen LogP contribution in [0, 0.1) is 0 Å². The number of hydrogen-bond acceptors (Lipinski definition) is 3. The van der Waals surface area contributed by atoms with E-state index >= 15 is 0 Å². The summed E-state index contributed by atoms with van der Waals surface area (Å²) in [5, 5.41) is 15.2.